The molecule has 3 heteroatoms. The molecule has 0 fully saturated rings. The minimum Gasteiger partial charge on any atom is -0.126 e. The summed E-state index contributed by atoms with van der Waals surface area (Å²) in [6.07, 6.45) is 0.879. The van der Waals surface area contributed by atoms with Crippen molar-refractivity contribution in [3.8, 4) is 0 Å². The van der Waals surface area contributed by atoms with Gasteiger partial charge in [-0.2, -0.15) is 0 Å². The Balaban J connectivity index is 2.95. The van der Waals surface area contributed by atoms with E-state index in [2.05, 4.69) is 20.8 Å². The summed E-state index contributed by atoms with van der Waals surface area (Å²) in [5.41, 5.74) is 1.18. The van der Waals surface area contributed by atoms with Crippen molar-refractivity contribution < 1.29 is 0 Å². The van der Waals surface area contributed by atoms with Crippen molar-refractivity contribution in [3.63, 3.8) is 0 Å². The van der Waals surface area contributed by atoms with Crippen LogP contribution in [0.3, 0.4) is 0 Å². The van der Waals surface area contributed by atoms with Crippen LogP contribution in [0.15, 0.2) is 18.2 Å². The summed E-state index contributed by atoms with van der Waals surface area (Å²) in [5, 5.41) is 1.40. The molecule has 16 heavy (non-hydrogen) atoms. The Morgan fingerprint density at radius 2 is 1.88 bits per heavy atom. The van der Waals surface area contributed by atoms with Gasteiger partial charge in [-0.05, 0) is 35.4 Å². The summed E-state index contributed by atoms with van der Waals surface area (Å²) >= 11 is 18.1. The van der Waals surface area contributed by atoms with E-state index in [1.54, 1.807) is 6.07 Å². The summed E-state index contributed by atoms with van der Waals surface area (Å²) in [4.78, 5) is 0. The highest BCUT2D eigenvalue weighted by Gasteiger charge is 2.28. The molecule has 0 nitrogen and oxygen atoms in total. The Morgan fingerprint density at radius 3 is 2.31 bits per heavy atom. The third-order valence-corrected chi connectivity index (χ3v) is 4.51. The van der Waals surface area contributed by atoms with E-state index in [9.17, 15) is 0 Å². The van der Waals surface area contributed by atoms with Crippen molar-refractivity contribution >= 4 is 34.8 Å². The van der Waals surface area contributed by atoms with Crippen molar-refractivity contribution in [3.05, 3.63) is 33.8 Å². The first kappa shape index (κ1) is 14.2. The van der Waals surface area contributed by atoms with Crippen LogP contribution < -0.4 is 0 Å². The topological polar surface area (TPSA) is 0 Å². The first-order valence-electron chi connectivity index (χ1n) is 5.39. The predicted octanol–water partition coefficient (Wildman–Crippen LogP) is 5.44. The lowest BCUT2D eigenvalue weighted by atomic mass is 9.76. The number of halogens is 3. The van der Waals surface area contributed by atoms with Crippen molar-refractivity contribution in [2.24, 2.45) is 11.3 Å². The Hall–Kier alpha value is 0.0900. The maximum atomic E-state index is 6.17. The van der Waals surface area contributed by atoms with Crippen molar-refractivity contribution in [1.82, 2.24) is 0 Å². The smallest absolute Gasteiger partial charge is 0.0453 e. The van der Waals surface area contributed by atoms with Gasteiger partial charge in [0, 0.05) is 15.9 Å². The summed E-state index contributed by atoms with van der Waals surface area (Å²) in [6, 6.07) is 5.64. The minimum atomic E-state index is 0.0685. The van der Waals surface area contributed by atoms with Gasteiger partial charge < -0.3 is 0 Å². The zero-order chi connectivity index (χ0) is 12.3. The fraction of sp³-hybridized carbons (Fsp3) is 0.538. The largest absolute Gasteiger partial charge is 0.126 e. The Kier molecular flexibility index (Phi) is 4.97. The first-order chi connectivity index (χ1) is 7.39. The molecule has 1 unspecified atom stereocenters. The van der Waals surface area contributed by atoms with E-state index in [-0.39, 0.29) is 5.41 Å². The molecule has 0 aliphatic heterocycles. The fourth-order valence-corrected chi connectivity index (χ4v) is 2.38. The van der Waals surface area contributed by atoms with Crippen molar-refractivity contribution in [2.45, 2.75) is 27.2 Å². The third kappa shape index (κ3) is 3.29. The third-order valence-electron chi connectivity index (χ3n) is 3.31. The van der Waals surface area contributed by atoms with Crippen LogP contribution in [0.2, 0.25) is 10.0 Å². The standard InChI is InChI=1S/C13H17Cl3/c1-9(2)13(3,8-14)7-10-4-5-11(15)6-12(10)16/h4-6,9H,7-8H2,1-3H3. The van der Waals surface area contributed by atoms with Crippen molar-refractivity contribution in [2.75, 3.05) is 5.88 Å². The van der Waals surface area contributed by atoms with Gasteiger partial charge in [-0.1, -0.05) is 50.0 Å². The van der Waals surface area contributed by atoms with Crippen LogP contribution in [0.5, 0.6) is 0 Å². The van der Waals surface area contributed by atoms with Gasteiger partial charge in [0.1, 0.15) is 0 Å². The lowest BCUT2D eigenvalue weighted by Crippen LogP contribution is -2.28. The van der Waals surface area contributed by atoms with E-state index in [4.69, 9.17) is 34.8 Å². The maximum absolute atomic E-state index is 6.17. The highest BCUT2D eigenvalue weighted by molar-refractivity contribution is 6.35. The molecule has 0 radical (unpaired) electrons. The maximum Gasteiger partial charge on any atom is 0.0453 e. The molecule has 0 amide bonds. The van der Waals surface area contributed by atoms with Gasteiger partial charge in [0.25, 0.3) is 0 Å². The fourth-order valence-electron chi connectivity index (χ4n) is 1.51. The van der Waals surface area contributed by atoms with Gasteiger partial charge in [-0.3, -0.25) is 0 Å². The zero-order valence-corrected chi connectivity index (χ0v) is 12.1. The minimum absolute atomic E-state index is 0.0685. The van der Waals surface area contributed by atoms with Crippen LogP contribution in [0.4, 0.5) is 0 Å². The number of alkyl halides is 1. The van der Waals surface area contributed by atoms with Gasteiger partial charge in [-0.25, -0.2) is 0 Å². The molecule has 0 bridgehead atoms. The highest BCUT2D eigenvalue weighted by Crippen LogP contribution is 2.35. The molecule has 0 aromatic heterocycles. The number of hydrogen-bond acceptors (Lipinski definition) is 0. The quantitative estimate of drug-likeness (QED) is 0.644. The molecule has 1 aromatic rings. The van der Waals surface area contributed by atoms with Gasteiger partial charge in [0.15, 0.2) is 0 Å². The van der Waals surface area contributed by atoms with E-state index in [1.165, 1.54) is 0 Å². The van der Waals surface area contributed by atoms with Gasteiger partial charge in [0.05, 0.1) is 0 Å². The van der Waals surface area contributed by atoms with E-state index < -0.39 is 0 Å². The summed E-state index contributed by atoms with van der Waals surface area (Å²) in [5.74, 6) is 1.14. The summed E-state index contributed by atoms with van der Waals surface area (Å²) < 4.78 is 0. The lowest BCUT2D eigenvalue weighted by Gasteiger charge is -2.32. The van der Waals surface area contributed by atoms with Gasteiger partial charge in [0.2, 0.25) is 0 Å². The zero-order valence-electron chi connectivity index (χ0n) is 9.86. The van der Waals surface area contributed by atoms with Crippen LogP contribution in [0.25, 0.3) is 0 Å². The predicted molar refractivity (Wildman–Crippen MR) is 73.8 cm³/mol. The van der Waals surface area contributed by atoms with Crippen LogP contribution in [-0.2, 0) is 6.42 Å². The molecule has 0 spiro atoms. The first-order valence-corrected chi connectivity index (χ1v) is 6.68. The van der Waals surface area contributed by atoms with E-state index in [1.807, 2.05) is 12.1 Å². The SMILES string of the molecule is CC(C)C(C)(CCl)Cc1ccc(Cl)cc1Cl. The second-order valence-electron chi connectivity index (χ2n) is 4.85. The Morgan fingerprint density at radius 1 is 1.25 bits per heavy atom. The summed E-state index contributed by atoms with van der Waals surface area (Å²) in [6.45, 7) is 6.56. The molecule has 1 rings (SSSR count). The molecule has 0 aliphatic carbocycles. The van der Waals surface area contributed by atoms with Crippen molar-refractivity contribution in [1.29, 1.82) is 0 Å². The molecule has 0 N–H and O–H groups in total. The van der Waals surface area contributed by atoms with Gasteiger partial charge in [-0.15, -0.1) is 11.6 Å². The Bertz CT molecular complexity index is 360. The summed E-state index contributed by atoms with van der Waals surface area (Å²) in [7, 11) is 0. The van der Waals surface area contributed by atoms with E-state index >= 15 is 0 Å². The number of hydrogen-bond donors (Lipinski definition) is 0. The Labute approximate surface area is 113 Å². The molecule has 90 valence electrons. The molecular formula is C13H17Cl3. The molecule has 0 saturated heterocycles. The van der Waals surface area contributed by atoms with Crippen LogP contribution >= 0.6 is 34.8 Å². The monoisotopic (exact) mass is 278 g/mol. The second-order valence-corrected chi connectivity index (χ2v) is 5.97. The normalized spacial score (nSPS) is 15.2. The highest BCUT2D eigenvalue weighted by atomic mass is 35.5. The van der Waals surface area contributed by atoms with E-state index in [0.717, 1.165) is 17.0 Å². The average Bonchev–Trinajstić information content (AvgIpc) is 2.22. The molecule has 0 heterocycles. The molecule has 1 atom stereocenters. The van der Waals surface area contributed by atoms with E-state index in [0.29, 0.717) is 16.8 Å². The number of benzene rings is 1. The van der Waals surface area contributed by atoms with Gasteiger partial charge >= 0.3 is 0 Å². The van der Waals surface area contributed by atoms with Crippen LogP contribution in [0, 0.1) is 11.3 Å². The molecule has 1 aromatic carbocycles. The lowest BCUT2D eigenvalue weighted by molar-refractivity contribution is 0.253. The van der Waals surface area contributed by atoms with Crippen LogP contribution in [0.1, 0.15) is 26.3 Å². The second kappa shape index (κ2) is 5.62. The van der Waals surface area contributed by atoms with Crippen LogP contribution in [-0.4, -0.2) is 5.88 Å². The molecular weight excluding hydrogens is 263 g/mol. The number of rotatable bonds is 4. The molecule has 0 saturated carbocycles. The average molecular weight is 280 g/mol. The molecule has 0 aliphatic rings.